The van der Waals surface area contributed by atoms with Crippen LogP contribution in [0.2, 0.25) is 0 Å². The third-order valence-corrected chi connectivity index (χ3v) is 5.30. The van der Waals surface area contributed by atoms with Crippen LogP contribution in [-0.4, -0.2) is 40.5 Å². The van der Waals surface area contributed by atoms with Gasteiger partial charge in [-0.05, 0) is 49.9 Å². The molecule has 1 aliphatic heterocycles. The van der Waals surface area contributed by atoms with Crippen LogP contribution >= 0.6 is 11.8 Å². The summed E-state index contributed by atoms with van der Waals surface area (Å²) >= 11 is 1.86. The van der Waals surface area contributed by atoms with E-state index in [1.165, 1.54) is 4.90 Å². The smallest absolute Gasteiger partial charge is 0.321 e. The van der Waals surface area contributed by atoms with Gasteiger partial charge in [0.25, 0.3) is 0 Å². The second kappa shape index (κ2) is 7.88. The molecule has 22 heavy (non-hydrogen) atoms. The maximum atomic E-state index is 12.3. The highest BCUT2D eigenvalue weighted by Crippen LogP contribution is 2.28. The highest BCUT2D eigenvalue weighted by atomic mass is 32.2. The van der Waals surface area contributed by atoms with E-state index in [0.717, 1.165) is 30.5 Å². The van der Waals surface area contributed by atoms with Crippen molar-refractivity contribution >= 4 is 23.5 Å². The number of nitrogens with one attached hydrogen (secondary N) is 1. The number of piperidine rings is 1. The van der Waals surface area contributed by atoms with E-state index >= 15 is 0 Å². The molecule has 2 unspecified atom stereocenters. The summed E-state index contributed by atoms with van der Waals surface area (Å²) in [7, 11) is 0. The van der Waals surface area contributed by atoms with Gasteiger partial charge in [-0.25, -0.2) is 4.79 Å². The maximum absolute atomic E-state index is 12.3. The summed E-state index contributed by atoms with van der Waals surface area (Å²) in [5.41, 5.74) is 1.91. The van der Waals surface area contributed by atoms with Gasteiger partial charge in [0.2, 0.25) is 0 Å². The average Bonchev–Trinajstić information content (AvgIpc) is 2.49. The fourth-order valence-corrected chi connectivity index (χ4v) is 3.52. The van der Waals surface area contributed by atoms with Crippen LogP contribution in [0.1, 0.15) is 38.7 Å². The second-order valence-electron chi connectivity index (χ2n) is 5.99. The predicted molar refractivity (Wildman–Crippen MR) is 92.6 cm³/mol. The Morgan fingerprint density at radius 3 is 2.95 bits per heavy atom. The summed E-state index contributed by atoms with van der Waals surface area (Å²) in [6, 6.07) is 6.03. The molecule has 5 heteroatoms. The van der Waals surface area contributed by atoms with Crippen LogP contribution in [0.3, 0.4) is 0 Å². The third kappa shape index (κ3) is 4.65. The van der Waals surface area contributed by atoms with E-state index in [4.69, 9.17) is 0 Å². The Morgan fingerprint density at radius 1 is 1.55 bits per heavy atom. The molecule has 2 atom stereocenters. The van der Waals surface area contributed by atoms with E-state index in [0.29, 0.717) is 18.3 Å². The van der Waals surface area contributed by atoms with Gasteiger partial charge in [0.05, 0.1) is 6.10 Å². The minimum atomic E-state index is -0.394. The molecule has 0 radical (unpaired) electrons. The van der Waals surface area contributed by atoms with Gasteiger partial charge in [-0.15, -0.1) is 11.8 Å². The number of aliphatic hydroxyl groups is 1. The first-order valence-electron chi connectivity index (χ1n) is 8.01. The maximum Gasteiger partial charge on any atom is 0.321 e. The van der Waals surface area contributed by atoms with Gasteiger partial charge in [0, 0.05) is 28.9 Å². The van der Waals surface area contributed by atoms with Crippen LogP contribution in [0.15, 0.2) is 23.1 Å². The molecule has 4 nitrogen and oxygen atoms in total. The molecule has 2 amide bonds. The van der Waals surface area contributed by atoms with Crippen molar-refractivity contribution in [3.8, 4) is 0 Å². The standard InChI is InChI=1S/C17H26N2O2S/c1-4-13(3)22-15-7-8-16(12(2)10-15)18-17(21)19-9-5-6-14(20)11-19/h7-8,10,13-14,20H,4-6,9,11H2,1-3H3,(H,18,21). The largest absolute Gasteiger partial charge is 0.391 e. The first-order valence-corrected chi connectivity index (χ1v) is 8.89. The number of aliphatic hydroxyl groups excluding tert-OH is 1. The normalized spacial score (nSPS) is 19.8. The summed E-state index contributed by atoms with van der Waals surface area (Å²) < 4.78 is 0. The van der Waals surface area contributed by atoms with Crippen molar-refractivity contribution in [2.24, 2.45) is 0 Å². The number of likely N-dealkylation sites (tertiary alicyclic amines) is 1. The third-order valence-electron chi connectivity index (χ3n) is 4.04. The number of hydrogen-bond acceptors (Lipinski definition) is 3. The minimum Gasteiger partial charge on any atom is -0.391 e. The number of rotatable bonds is 4. The number of thioether (sulfide) groups is 1. The van der Waals surface area contributed by atoms with Crippen LogP contribution in [0, 0.1) is 6.92 Å². The summed E-state index contributed by atoms with van der Waals surface area (Å²) in [5, 5.41) is 13.2. The zero-order valence-electron chi connectivity index (χ0n) is 13.6. The number of carbonyl (C=O) groups is 1. The van der Waals surface area contributed by atoms with Gasteiger partial charge in [-0.1, -0.05) is 13.8 Å². The topological polar surface area (TPSA) is 52.6 Å². The molecule has 0 aliphatic carbocycles. The van der Waals surface area contributed by atoms with Gasteiger partial charge in [-0.3, -0.25) is 0 Å². The van der Waals surface area contributed by atoms with E-state index < -0.39 is 6.10 Å². The number of aryl methyl sites for hydroxylation is 1. The van der Waals surface area contributed by atoms with Gasteiger partial charge in [0.1, 0.15) is 0 Å². The predicted octanol–water partition coefficient (Wildman–Crippen LogP) is 3.87. The molecule has 1 fully saturated rings. The molecule has 1 saturated heterocycles. The van der Waals surface area contributed by atoms with Crippen LogP contribution in [0.5, 0.6) is 0 Å². The lowest BCUT2D eigenvalue weighted by Gasteiger charge is -2.30. The molecule has 2 rings (SSSR count). The van der Waals surface area contributed by atoms with Gasteiger partial charge in [-0.2, -0.15) is 0 Å². The van der Waals surface area contributed by atoms with Crippen molar-refractivity contribution in [3.05, 3.63) is 23.8 Å². The highest BCUT2D eigenvalue weighted by Gasteiger charge is 2.22. The molecule has 0 aromatic heterocycles. The molecule has 1 aromatic carbocycles. The number of nitrogens with zero attached hydrogens (tertiary/aromatic N) is 1. The lowest BCUT2D eigenvalue weighted by Crippen LogP contribution is -2.44. The van der Waals surface area contributed by atoms with Crippen LogP contribution in [0.25, 0.3) is 0 Å². The molecule has 1 heterocycles. The first-order chi connectivity index (χ1) is 10.5. The summed E-state index contributed by atoms with van der Waals surface area (Å²) in [6.45, 7) is 7.56. The number of β-amino-alcohol motifs (C(OH)–C–C–N with tert-alkyl or cyclic N) is 1. The summed E-state index contributed by atoms with van der Waals surface area (Å²) in [4.78, 5) is 15.2. The fourth-order valence-electron chi connectivity index (χ4n) is 2.50. The summed E-state index contributed by atoms with van der Waals surface area (Å²) in [5.74, 6) is 0. The van der Waals surface area contributed by atoms with Crippen molar-refractivity contribution < 1.29 is 9.90 Å². The van der Waals surface area contributed by atoms with Gasteiger partial charge in [0.15, 0.2) is 0 Å². The van der Waals surface area contributed by atoms with Crippen LogP contribution in [-0.2, 0) is 0 Å². The fraction of sp³-hybridized carbons (Fsp3) is 0.588. The highest BCUT2D eigenvalue weighted by molar-refractivity contribution is 7.99. The number of carbonyl (C=O) groups excluding carboxylic acids is 1. The van der Waals surface area contributed by atoms with E-state index in [1.807, 2.05) is 24.8 Å². The molecule has 0 saturated carbocycles. The molecule has 1 aliphatic rings. The van der Waals surface area contributed by atoms with E-state index in [1.54, 1.807) is 4.90 Å². The Labute approximate surface area is 137 Å². The lowest BCUT2D eigenvalue weighted by atomic mass is 10.1. The Bertz CT molecular complexity index is 521. The van der Waals surface area contributed by atoms with Crippen molar-refractivity contribution in [3.63, 3.8) is 0 Å². The summed E-state index contributed by atoms with van der Waals surface area (Å²) in [6.07, 6.45) is 2.39. The molecular weight excluding hydrogens is 296 g/mol. The van der Waals surface area contributed by atoms with E-state index in [2.05, 4.69) is 31.3 Å². The van der Waals surface area contributed by atoms with Crippen molar-refractivity contribution in [2.45, 2.75) is 56.3 Å². The van der Waals surface area contributed by atoms with Crippen molar-refractivity contribution in [1.82, 2.24) is 4.90 Å². The zero-order chi connectivity index (χ0) is 16.1. The number of hydrogen-bond donors (Lipinski definition) is 2. The molecule has 0 spiro atoms. The number of urea groups is 1. The Kier molecular flexibility index (Phi) is 6.15. The molecule has 2 N–H and O–H groups in total. The number of benzene rings is 1. The first kappa shape index (κ1) is 17.2. The van der Waals surface area contributed by atoms with Gasteiger partial charge < -0.3 is 15.3 Å². The number of amides is 2. The lowest BCUT2D eigenvalue weighted by molar-refractivity contribution is 0.0883. The van der Waals surface area contributed by atoms with E-state index in [9.17, 15) is 9.90 Å². The minimum absolute atomic E-state index is 0.121. The second-order valence-corrected chi connectivity index (χ2v) is 7.50. The van der Waals surface area contributed by atoms with Gasteiger partial charge >= 0.3 is 6.03 Å². The molecule has 1 aromatic rings. The van der Waals surface area contributed by atoms with E-state index in [-0.39, 0.29) is 6.03 Å². The zero-order valence-corrected chi connectivity index (χ0v) is 14.4. The average molecular weight is 322 g/mol. The quantitative estimate of drug-likeness (QED) is 0.827. The Balaban J connectivity index is 1.99. The van der Waals surface area contributed by atoms with Crippen molar-refractivity contribution in [1.29, 1.82) is 0 Å². The Hall–Kier alpha value is -1.20. The van der Waals surface area contributed by atoms with Crippen molar-refractivity contribution in [2.75, 3.05) is 18.4 Å². The van der Waals surface area contributed by atoms with Crippen LogP contribution < -0.4 is 5.32 Å². The Morgan fingerprint density at radius 2 is 2.32 bits per heavy atom. The monoisotopic (exact) mass is 322 g/mol. The van der Waals surface area contributed by atoms with Crippen LogP contribution in [0.4, 0.5) is 10.5 Å². The SMILES string of the molecule is CCC(C)Sc1ccc(NC(=O)N2CCCC(O)C2)c(C)c1. The molecule has 0 bridgehead atoms. The number of anilines is 1. The molecule has 122 valence electrons. The molecular formula is C17H26N2O2S.